The molecule has 2 aromatic rings. The fraction of sp³-hybridized carbons (Fsp3) is 0.500. The van der Waals surface area contributed by atoms with Crippen molar-refractivity contribution in [3.8, 4) is 0 Å². The van der Waals surface area contributed by atoms with E-state index in [1.165, 1.54) is 5.69 Å². The SMILES string of the molecule is CCN(CC)CCCn1c(C)csc1=Nc1cccc(Cl)c1C. The summed E-state index contributed by atoms with van der Waals surface area (Å²) in [5.41, 5.74) is 3.26. The molecule has 0 saturated carbocycles. The van der Waals surface area contributed by atoms with Gasteiger partial charge in [-0.2, -0.15) is 0 Å². The van der Waals surface area contributed by atoms with Crippen LogP contribution in [0.3, 0.4) is 0 Å². The third-order valence-electron chi connectivity index (χ3n) is 4.20. The van der Waals surface area contributed by atoms with E-state index in [9.17, 15) is 0 Å². The van der Waals surface area contributed by atoms with E-state index in [1.807, 2.05) is 25.1 Å². The molecule has 1 heterocycles. The highest BCUT2D eigenvalue weighted by atomic mass is 35.5. The molecule has 0 fully saturated rings. The summed E-state index contributed by atoms with van der Waals surface area (Å²) in [5.74, 6) is 0. The number of aromatic nitrogens is 1. The second-order valence-electron chi connectivity index (χ2n) is 5.69. The van der Waals surface area contributed by atoms with Crippen LogP contribution in [0.15, 0.2) is 28.6 Å². The lowest BCUT2D eigenvalue weighted by atomic mass is 10.2. The van der Waals surface area contributed by atoms with Gasteiger partial charge in [0, 0.05) is 22.6 Å². The highest BCUT2D eigenvalue weighted by Crippen LogP contribution is 2.25. The van der Waals surface area contributed by atoms with Crippen LogP contribution >= 0.6 is 22.9 Å². The summed E-state index contributed by atoms with van der Waals surface area (Å²) >= 11 is 7.90. The second-order valence-corrected chi connectivity index (χ2v) is 6.93. The van der Waals surface area contributed by atoms with Gasteiger partial charge in [0.05, 0.1) is 5.69 Å². The van der Waals surface area contributed by atoms with Crippen LogP contribution in [0, 0.1) is 13.8 Å². The van der Waals surface area contributed by atoms with Crippen LogP contribution in [0.25, 0.3) is 0 Å². The third kappa shape index (κ3) is 4.69. The predicted octanol–water partition coefficient (Wildman–Crippen LogP) is 4.78. The molecule has 0 atom stereocenters. The highest BCUT2D eigenvalue weighted by Gasteiger charge is 2.05. The van der Waals surface area contributed by atoms with E-state index >= 15 is 0 Å². The quantitative estimate of drug-likeness (QED) is 0.702. The first-order valence-electron chi connectivity index (χ1n) is 8.24. The van der Waals surface area contributed by atoms with E-state index < -0.39 is 0 Å². The van der Waals surface area contributed by atoms with Gasteiger partial charge in [-0.3, -0.25) is 0 Å². The minimum atomic E-state index is 0.771. The van der Waals surface area contributed by atoms with E-state index in [-0.39, 0.29) is 0 Å². The maximum atomic E-state index is 6.21. The Morgan fingerprint density at radius 1 is 1.22 bits per heavy atom. The second kappa shape index (κ2) is 8.67. The lowest BCUT2D eigenvalue weighted by Gasteiger charge is -2.18. The van der Waals surface area contributed by atoms with Gasteiger partial charge in [-0.1, -0.05) is 31.5 Å². The summed E-state index contributed by atoms with van der Waals surface area (Å²) < 4.78 is 2.31. The summed E-state index contributed by atoms with van der Waals surface area (Å²) in [6.07, 6.45) is 1.14. The number of hydrogen-bond acceptors (Lipinski definition) is 3. The molecule has 0 radical (unpaired) electrons. The van der Waals surface area contributed by atoms with E-state index in [0.29, 0.717) is 0 Å². The molecule has 0 saturated heterocycles. The zero-order valence-corrected chi connectivity index (χ0v) is 16.0. The minimum absolute atomic E-state index is 0.771. The van der Waals surface area contributed by atoms with Crippen LogP contribution in [0.4, 0.5) is 5.69 Å². The first-order valence-corrected chi connectivity index (χ1v) is 9.49. The van der Waals surface area contributed by atoms with Crippen LogP contribution in [-0.4, -0.2) is 29.1 Å². The molecule has 0 aliphatic carbocycles. The number of benzene rings is 1. The van der Waals surface area contributed by atoms with E-state index in [1.54, 1.807) is 11.3 Å². The van der Waals surface area contributed by atoms with Gasteiger partial charge >= 0.3 is 0 Å². The van der Waals surface area contributed by atoms with Crippen molar-refractivity contribution in [3.05, 3.63) is 44.7 Å². The normalized spacial score (nSPS) is 12.3. The van der Waals surface area contributed by atoms with Crippen LogP contribution in [-0.2, 0) is 6.54 Å². The van der Waals surface area contributed by atoms with Gasteiger partial charge in [0.1, 0.15) is 0 Å². The zero-order chi connectivity index (χ0) is 16.8. The summed E-state index contributed by atoms with van der Waals surface area (Å²) in [4.78, 5) is 8.35. The largest absolute Gasteiger partial charge is 0.321 e. The van der Waals surface area contributed by atoms with Gasteiger partial charge in [0.15, 0.2) is 4.80 Å². The molecule has 0 aliphatic rings. The van der Waals surface area contributed by atoms with Crippen molar-refractivity contribution >= 4 is 28.6 Å². The Hall–Kier alpha value is -1.10. The summed E-state index contributed by atoms with van der Waals surface area (Å²) in [6, 6.07) is 5.89. The molecule has 0 unspecified atom stereocenters. The van der Waals surface area contributed by atoms with Crippen molar-refractivity contribution in [2.45, 2.75) is 40.7 Å². The Bertz CT molecular complexity index is 699. The third-order valence-corrected chi connectivity index (χ3v) is 5.59. The van der Waals surface area contributed by atoms with Crippen LogP contribution in [0.2, 0.25) is 5.02 Å². The number of hydrogen-bond donors (Lipinski definition) is 0. The Morgan fingerprint density at radius 2 is 1.96 bits per heavy atom. The molecule has 5 heteroatoms. The summed E-state index contributed by atoms with van der Waals surface area (Å²) in [7, 11) is 0. The average molecular weight is 352 g/mol. The topological polar surface area (TPSA) is 20.5 Å². The van der Waals surface area contributed by atoms with E-state index in [2.05, 4.69) is 35.6 Å². The maximum Gasteiger partial charge on any atom is 0.190 e. The zero-order valence-electron chi connectivity index (χ0n) is 14.5. The Balaban J connectivity index is 2.21. The van der Waals surface area contributed by atoms with E-state index in [0.717, 1.165) is 53.7 Å². The van der Waals surface area contributed by atoms with Gasteiger partial charge in [-0.15, -0.1) is 11.3 Å². The molecule has 3 nitrogen and oxygen atoms in total. The summed E-state index contributed by atoms with van der Waals surface area (Å²) in [6.45, 7) is 13.0. The monoisotopic (exact) mass is 351 g/mol. The minimum Gasteiger partial charge on any atom is -0.321 e. The van der Waals surface area contributed by atoms with Crippen molar-refractivity contribution in [3.63, 3.8) is 0 Å². The van der Waals surface area contributed by atoms with Gasteiger partial charge < -0.3 is 9.47 Å². The molecule has 126 valence electrons. The number of thiazole rings is 1. The molecule has 2 rings (SSSR count). The van der Waals surface area contributed by atoms with Gasteiger partial charge in [0.2, 0.25) is 0 Å². The van der Waals surface area contributed by atoms with Crippen molar-refractivity contribution in [1.82, 2.24) is 9.47 Å². The average Bonchev–Trinajstić information content (AvgIpc) is 2.89. The Morgan fingerprint density at radius 3 is 2.65 bits per heavy atom. The molecule has 0 amide bonds. The number of nitrogens with zero attached hydrogens (tertiary/aromatic N) is 3. The van der Waals surface area contributed by atoms with Crippen molar-refractivity contribution in [2.24, 2.45) is 4.99 Å². The molecule has 1 aromatic heterocycles. The fourth-order valence-electron chi connectivity index (χ4n) is 2.59. The fourth-order valence-corrected chi connectivity index (χ4v) is 3.67. The Kier molecular flexibility index (Phi) is 6.88. The molecule has 0 aliphatic heterocycles. The molecule has 0 N–H and O–H groups in total. The molecule has 23 heavy (non-hydrogen) atoms. The molecular weight excluding hydrogens is 326 g/mol. The lowest BCUT2D eigenvalue weighted by molar-refractivity contribution is 0.292. The van der Waals surface area contributed by atoms with Crippen molar-refractivity contribution in [1.29, 1.82) is 0 Å². The number of rotatable bonds is 7. The first-order chi connectivity index (χ1) is 11.1. The molecule has 1 aromatic carbocycles. The van der Waals surface area contributed by atoms with Crippen LogP contribution < -0.4 is 4.80 Å². The first kappa shape index (κ1) is 18.2. The van der Waals surface area contributed by atoms with Crippen molar-refractivity contribution < 1.29 is 0 Å². The van der Waals surface area contributed by atoms with Crippen molar-refractivity contribution in [2.75, 3.05) is 19.6 Å². The summed E-state index contributed by atoms with van der Waals surface area (Å²) in [5, 5.41) is 2.95. The van der Waals surface area contributed by atoms with Crippen LogP contribution in [0.5, 0.6) is 0 Å². The predicted molar refractivity (Wildman–Crippen MR) is 101 cm³/mol. The number of halogens is 1. The lowest BCUT2D eigenvalue weighted by Crippen LogP contribution is -2.26. The molecule has 0 spiro atoms. The molecular formula is C18H26ClN3S. The van der Waals surface area contributed by atoms with Gasteiger partial charge in [-0.05, 0) is 57.6 Å². The Labute approximate surface area is 148 Å². The smallest absolute Gasteiger partial charge is 0.190 e. The van der Waals surface area contributed by atoms with Gasteiger partial charge in [-0.25, -0.2) is 4.99 Å². The van der Waals surface area contributed by atoms with Gasteiger partial charge in [0.25, 0.3) is 0 Å². The molecule has 0 bridgehead atoms. The highest BCUT2D eigenvalue weighted by molar-refractivity contribution is 7.07. The standard InChI is InChI=1S/C18H26ClN3S/c1-5-21(6-2)11-8-12-22-14(3)13-23-18(22)20-17-10-7-9-16(19)15(17)4/h7,9-10,13H,5-6,8,11-12H2,1-4H3. The number of aryl methyl sites for hydroxylation is 1. The maximum absolute atomic E-state index is 6.21. The van der Waals surface area contributed by atoms with E-state index in [4.69, 9.17) is 16.6 Å². The van der Waals surface area contributed by atoms with Crippen LogP contribution in [0.1, 0.15) is 31.5 Å².